The topological polar surface area (TPSA) is 108 Å². The number of hydrogen-bond donors (Lipinski definition) is 2. The van der Waals surface area contributed by atoms with Crippen molar-refractivity contribution in [2.24, 2.45) is 5.10 Å². The highest BCUT2D eigenvalue weighted by Gasteiger charge is 2.28. The number of amides is 1. The molecule has 0 aliphatic heterocycles. The van der Waals surface area contributed by atoms with Crippen LogP contribution in [0.1, 0.15) is 18.1 Å². The summed E-state index contributed by atoms with van der Waals surface area (Å²) in [5.41, 5.74) is 3.96. The van der Waals surface area contributed by atoms with Gasteiger partial charge in [0.15, 0.2) is 11.5 Å². The fraction of sp³-hybridized carbons (Fsp3) is 0.167. The van der Waals surface area contributed by atoms with Crippen molar-refractivity contribution in [3.05, 3.63) is 82.9 Å². The number of sulfonamides is 1. The van der Waals surface area contributed by atoms with Gasteiger partial charge in [-0.1, -0.05) is 41.4 Å². The number of hydrogen-bond acceptors (Lipinski definition) is 6. The van der Waals surface area contributed by atoms with E-state index in [0.717, 1.165) is 9.87 Å². The van der Waals surface area contributed by atoms with Gasteiger partial charge in [-0.15, -0.1) is 0 Å². The summed E-state index contributed by atoms with van der Waals surface area (Å²) >= 11 is 6.26. The van der Waals surface area contributed by atoms with E-state index in [0.29, 0.717) is 12.2 Å². The van der Waals surface area contributed by atoms with E-state index >= 15 is 0 Å². The Morgan fingerprint density at radius 1 is 1.15 bits per heavy atom. The van der Waals surface area contributed by atoms with Crippen LogP contribution in [0.15, 0.2) is 76.7 Å². The molecule has 0 unspecified atom stereocenters. The number of rotatable bonds is 9. The molecule has 0 aliphatic rings. The maximum absolute atomic E-state index is 13.4. The lowest BCUT2D eigenvalue weighted by molar-refractivity contribution is -0.119. The van der Waals surface area contributed by atoms with Crippen LogP contribution in [0.2, 0.25) is 5.02 Å². The van der Waals surface area contributed by atoms with Crippen LogP contribution in [0.3, 0.4) is 0 Å². The fourth-order valence-electron chi connectivity index (χ4n) is 3.02. The summed E-state index contributed by atoms with van der Waals surface area (Å²) in [6.45, 7) is 3.46. The van der Waals surface area contributed by atoms with Crippen molar-refractivity contribution >= 4 is 39.4 Å². The maximum Gasteiger partial charge on any atom is 0.264 e. The minimum absolute atomic E-state index is 0.0141. The summed E-state index contributed by atoms with van der Waals surface area (Å²) in [7, 11) is -4.09. The zero-order valence-corrected chi connectivity index (χ0v) is 20.2. The van der Waals surface area contributed by atoms with Gasteiger partial charge in [0.05, 0.1) is 28.4 Å². The molecular formula is C24H24ClN3O5S. The molecule has 0 spiro atoms. The number of nitrogens with one attached hydrogen (secondary N) is 1. The lowest BCUT2D eigenvalue weighted by Crippen LogP contribution is -2.39. The largest absolute Gasteiger partial charge is 0.504 e. The standard InChI is InChI=1S/C24H24ClN3O5S/c1-3-33-23-14-18(10-13-22(23)29)15-26-27-24(30)16-28(21-7-5-4-6-20(21)25)34(31,32)19-11-8-17(2)9-12-19/h4-15,29H,3,16H2,1-2H3,(H,27,30)/b26-15-. The van der Waals surface area contributed by atoms with Crippen molar-refractivity contribution < 1.29 is 23.1 Å². The van der Waals surface area contributed by atoms with Gasteiger partial charge in [-0.2, -0.15) is 5.10 Å². The molecule has 3 aromatic rings. The first-order chi connectivity index (χ1) is 16.2. The molecule has 10 heteroatoms. The fourth-order valence-corrected chi connectivity index (χ4v) is 4.75. The van der Waals surface area contributed by atoms with E-state index in [2.05, 4.69) is 10.5 Å². The molecule has 3 rings (SSSR count). The molecule has 0 heterocycles. The van der Waals surface area contributed by atoms with Crippen molar-refractivity contribution in [2.45, 2.75) is 18.7 Å². The zero-order valence-electron chi connectivity index (χ0n) is 18.6. The zero-order chi connectivity index (χ0) is 24.7. The molecule has 1 amide bonds. The third kappa shape index (κ3) is 6.06. The predicted octanol–water partition coefficient (Wildman–Crippen LogP) is 4.10. The molecule has 0 aromatic heterocycles. The molecule has 34 heavy (non-hydrogen) atoms. The number of carbonyl (C=O) groups excluding carboxylic acids is 1. The van der Waals surface area contributed by atoms with E-state index in [1.807, 2.05) is 6.92 Å². The van der Waals surface area contributed by atoms with E-state index < -0.39 is 22.5 Å². The van der Waals surface area contributed by atoms with Crippen molar-refractivity contribution in [3.8, 4) is 11.5 Å². The highest BCUT2D eigenvalue weighted by Crippen LogP contribution is 2.30. The SMILES string of the molecule is CCOc1cc(/C=N\NC(=O)CN(c2ccccc2Cl)S(=O)(=O)c2ccc(C)cc2)ccc1O. The Balaban J connectivity index is 1.82. The second kappa shape index (κ2) is 11.0. The Labute approximate surface area is 203 Å². The number of aromatic hydroxyl groups is 1. The number of carbonyl (C=O) groups is 1. The summed E-state index contributed by atoms with van der Waals surface area (Å²) in [6, 6.07) is 17.3. The van der Waals surface area contributed by atoms with E-state index in [-0.39, 0.29) is 27.1 Å². The number of nitrogens with zero attached hydrogens (tertiary/aromatic N) is 2. The molecule has 0 aliphatic carbocycles. The lowest BCUT2D eigenvalue weighted by Gasteiger charge is -2.24. The minimum atomic E-state index is -4.09. The summed E-state index contributed by atoms with van der Waals surface area (Å²) < 4.78 is 33.0. The monoisotopic (exact) mass is 501 g/mol. The molecule has 0 bridgehead atoms. The van der Waals surface area contributed by atoms with Crippen LogP contribution in [0, 0.1) is 6.92 Å². The number of anilines is 1. The van der Waals surface area contributed by atoms with Gasteiger partial charge in [-0.05, 0) is 61.9 Å². The molecule has 0 saturated heterocycles. The highest BCUT2D eigenvalue weighted by atomic mass is 35.5. The van der Waals surface area contributed by atoms with Crippen molar-refractivity contribution in [1.29, 1.82) is 0 Å². The van der Waals surface area contributed by atoms with Crippen LogP contribution in [-0.4, -0.2) is 38.8 Å². The first-order valence-corrected chi connectivity index (χ1v) is 12.2. The molecule has 0 saturated carbocycles. The van der Waals surface area contributed by atoms with Crippen molar-refractivity contribution in [1.82, 2.24) is 5.43 Å². The van der Waals surface area contributed by atoms with Crippen LogP contribution in [0.4, 0.5) is 5.69 Å². The Kier molecular flexibility index (Phi) is 8.14. The number of phenols is 1. The molecule has 0 fully saturated rings. The van der Waals surface area contributed by atoms with Gasteiger partial charge in [0.1, 0.15) is 6.54 Å². The number of halogens is 1. The van der Waals surface area contributed by atoms with Crippen LogP contribution < -0.4 is 14.5 Å². The predicted molar refractivity (Wildman–Crippen MR) is 132 cm³/mol. The Morgan fingerprint density at radius 3 is 2.53 bits per heavy atom. The number of benzene rings is 3. The summed E-state index contributed by atoms with van der Waals surface area (Å²) in [5, 5.41) is 13.9. The lowest BCUT2D eigenvalue weighted by atomic mass is 10.2. The van der Waals surface area contributed by atoms with Crippen LogP contribution in [-0.2, 0) is 14.8 Å². The molecule has 0 radical (unpaired) electrons. The Hall–Kier alpha value is -3.56. The summed E-state index contributed by atoms with van der Waals surface area (Å²) in [5.74, 6) is -0.401. The summed E-state index contributed by atoms with van der Waals surface area (Å²) in [6.07, 6.45) is 1.36. The third-order valence-corrected chi connectivity index (χ3v) is 6.80. The average molecular weight is 502 g/mol. The average Bonchev–Trinajstić information content (AvgIpc) is 2.80. The van der Waals surface area contributed by atoms with E-state index in [4.69, 9.17) is 16.3 Å². The van der Waals surface area contributed by atoms with Gasteiger partial charge in [-0.3, -0.25) is 9.10 Å². The first-order valence-electron chi connectivity index (χ1n) is 10.3. The van der Waals surface area contributed by atoms with Gasteiger partial charge in [-0.25, -0.2) is 13.8 Å². The normalized spacial score (nSPS) is 11.4. The van der Waals surface area contributed by atoms with Crippen molar-refractivity contribution in [3.63, 3.8) is 0 Å². The second-order valence-corrected chi connectivity index (χ2v) is 9.50. The second-order valence-electron chi connectivity index (χ2n) is 7.23. The van der Waals surface area contributed by atoms with E-state index in [9.17, 15) is 18.3 Å². The van der Waals surface area contributed by atoms with E-state index in [1.165, 1.54) is 30.5 Å². The Morgan fingerprint density at radius 2 is 1.85 bits per heavy atom. The van der Waals surface area contributed by atoms with Crippen molar-refractivity contribution in [2.75, 3.05) is 17.5 Å². The molecular weight excluding hydrogens is 478 g/mol. The highest BCUT2D eigenvalue weighted by molar-refractivity contribution is 7.92. The Bertz CT molecular complexity index is 1290. The first kappa shape index (κ1) is 25.1. The van der Waals surface area contributed by atoms with Gasteiger partial charge < -0.3 is 9.84 Å². The molecule has 3 aromatic carbocycles. The third-order valence-electron chi connectivity index (χ3n) is 4.70. The van der Waals surface area contributed by atoms with Gasteiger partial charge in [0.25, 0.3) is 15.9 Å². The quantitative estimate of drug-likeness (QED) is 0.339. The number of ether oxygens (including phenoxy) is 1. The summed E-state index contributed by atoms with van der Waals surface area (Å²) in [4.78, 5) is 12.7. The molecule has 178 valence electrons. The van der Waals surface area contributed by atoms with Gasteiger partial charge in [0, 0.05) is 0 Å². The van der Waals surface area contributed by atoms with Gasteiger partial charge in [0.2, 0.25) is 0 Å². The molecule has 8 nitrogen and oxygen atoms in total. The van der Waals surface area contributed by atoms with Crippen LogP contribution in [0.25, 0.3) is 0 Å². The van der Waals surface area contributed by atoms with Crippen LogP contribution >= 0.6 is 11.6 Å². The maximum atomic E-state index is 13.4. The van der Waals surface area contributed by atoms with E-state index in [1.54, 1.807) is 49.4 Å². The minimum Gasteiger partial charge on any atom is -0.504 e. The smallest absolute Gasteiger partial charge is 0.264 e. The number of hydrazone groups is 1. The van der Waals surface area contributed by atoms with Crippen LogP contribution in [0.5, 0.6) is 11.5 Å². The molecule has 0 atom stereocenters. The number of para-hydroxylation sites is 1. The number of aryl methyl sites for hydroxylation is 1. The number of phenolic OH excluding ortho intramolecular Hbond substituents is 1. The van der Waals surface area contributed by atoms with Gasteiger partial charge >= 0.3 is 0 Å². The molecule has 2 N–H and O–H groups in total.